The normalized spacial score (nSPS) is 22.7. The van der Waals surface area contributed by atoms with E-state index in [2.05, 4.69) is 10.6 Å². The maximum atomic E-state index is 13.9. The summed E-state index contributed by atoms with van der Waals surface area (Å²) in [4.78, 5) is 80.3. The number of halogens is 7. The van der Waals surface area contributed by atoms with Crippen LogP contribution in [0.2, 0.25) is 0 Å². The summed E-state index contributed by atoms with van der Waals surface area (Å²) in [6.07, 6.45) is 6.03. The molecule has 67 heavy (non-hydrogen) atoms. The Morgan fingerprint density at radius 2 is 1.07 bits per heavy atom. The second-order valence-electron chi connectivity index (χ2n) is 16.5. The smallest absolute Gasteiger partial charge is 1.00 e. The summed E-state index contributed by atoms with van der Waals surface area (Å²) in [5, 5.41) is 14.9. The molecular weight excluding hydrogens is 917 g/mol. The van der Waals surface area contributed by atoms with E-state index in [9.17, 15) is 60.2 Å². The molecule has 0 spiro atoms. The van der Waals surface area contributed by atoms with Gasteiger partial charge in [0.25, 0.3) is 23.6 Å². The monoisotopic (exact) mass is 954 g/mol. The number of hydrogen-bond donors (Lipinski definition) is 3. The van der Waals surface area contributed by atoms with E-state index < -0.39 is 117 Å². The van der Waals surface area contributed by atoms with Gasteiger partial charge in [-0.3, -0.25) is 28.8 Å². The number of hydrogen-bond acceptors (Lipinski definition) is 10. The van der Waals surface area contributed by atoms with E-state index in [0.717, 1.165) is 38.3 Å². The first kappa shape index (κ1) is 49.1. The first-order chi connectivity index (χ1) is 31.0. The summed E-state index contributed by atoms with van der Waals surface area (Å²) in [5.74, 6) is -11.0. The molecule has 4 fully saturated rings. The molecule has 16 nitrogen and oxygen atoms in total. The van der Waals surface area contributed by atoms with Crippen molar-refractivity contribution in [1.82, 2.24) is 29.6 Å². The molecule has 350 valence electrons. The molecule has 0 radical (unpaired) electrons. The molecule has 2 saturated carbocycles. The van der Waals surface area contributed by atoms with Crippen LogP contribution in [0.1, 0.15) is 91.3 Å². The Labute approximate surface area is 393 Å². The van der Waals surface area contributed by atoms with Crippen LogP contribution in [-0.2, 0) is 35.7 Å². The van der Waals surface area contributed by atoms with Gasteiger partial charge in [0.15, 0.2) is 35.3 Å². The van der Waals surface area contributed by atoms with Crippen LogP contribution in [-0.4, -0.2) is 91.5 Å². The number of fused-ring (bicyclic) bond motifs is 10. The van der Waals surface area contributed by atoms with E-state index in [-0.39, 0.29) is 91.3 Å². The minimum absolute atomic E-state index is 0. The molecule has 4 aromatic rings. The number of methoxy groups -OCH3 is 1. The Morgan fingerprint density at radius 1 is 0.672 bits per heavy atom. The Hall–Kier alpha value is -5.79. The molecule has 6 atom stereocenters. The number of pyridine rings is 2. The third-order valence-corrected chi connectivity index (χ3v) is 12.7. The largest absolute Gasteiger partial charge is 1.00 e. The fourth-order valence-electron chi connectivity index (χ4n) is 9.61. The third-order valence-electron chi connectivity index (χ3n) is 12.7. The third kappa shape index (κ3) is 8.81. The van der Waals surface area contributed by atoms with Crippen LogP contribution in [0.15, 0.2) is 46.2 Å². The first-order valence-electron chi connectivity index (χ1n) is 20.6. The Kier molecular flexibility index (Phi) is 14.0. The molecular formula is C43H38ClF6LiN6O10. The van der Waals surface area contributed by atoms with Crippen molar-refractivity contribution in [3.05, 3.63) is 126 Å². The number of nitrogens with zero attached hydrogens (tertiary/aromatic N) is 4. The number of carbonyl (C=O) groups excluding carboxylic acids is 4. The van der Waals surface area contributed by atoms with Crippen molar-refractivity contribution < 1.29 is 96.1 Å². The van der Waals surface area contributed by atoms with E-state index in [0.29, 0.717) is 30.7 Å². The summed E-state index contributed by atoms with van der Waals surface area (Å²) < 4.78 is 101. The fraction of sp³-hybridized carbons (Fsp3) is 0.395. The van der Waals surface area contributed by atoms with Gasteiger partial charge in [0.05, 0.1) is 32.4 Å². The molecule has 10 rings (SSSR count). The SMILES string of the molecule is COc1c2n(cc(C(=O)NCc3c(F)cc(F)cc3F)c1=O)C[C@H]1O[C@@H]3CC[C@@H](C3)N1C2=O.O=C(NCc1c(F)cc(F)cc1F)c1cn2c(c(O)c1=O)C(=O)N1[C@H]3CC[C@H](C3)O[C@@H]1C2.[Cl-].[Li+]. The van der Waals surface area contributed by atoms with Crippen molar-refractivity contribution in [1.29, 1.82) is 0 Å². The van der Waals surface area contributed by atoms with Crippen LogP contribution in [0.25, 0.3) is 0 Å². The maximum Gasteiger partial charge on any atom is 1.00 e. The summed E-state index contributed by atoms with van der Waals surface area (Å²) >= 11 is 0. The van der Waals surface area contributed by atoms with Crippen LogP contribution >= 0.6 is 0 Å². The molecule has 4 amide bonds. The van der Waals surface area contributed by atoms with Gasteiger partial charge in [-0.05, 0) is 38.5 Å². The number of amides is 4. The van der Waals surface area contributed by atoms with Gasteiger partial charge in [-0.2, -0.15) is 0 Å². The molecule has 2 saturated heterocycles. The second kappa shape index (κ2) is 19.1. The summed E-state index contributed by atoms with van der Waals surface area (Å²) in [6, 6.07) is 1.93. The topological polar surface area (TPSA) is 191 Å². The van der Waals surface area contributed by atoms with E-state index >= 15 is 0 Å². The van der Waals surface area contributed by atoms with Crippen molar-refractivity contribution >= 4 is 23.6 Å². The van der Waals surface area contributed by atoms with Crippen LogP contribution in [0, 0.1) is 34.9 Å². The molecule has 3 N–H and O–H groups in total. The zero-order valence-corrected chi connectivity index (χ0v) is 36.3. The van der Waals surface area contributed by atoms with Crippen molar-refractivity contribution in [3.63, 3.8) is 0 Å². The molecule has 6 aliphatic rings. The van der Waals surface area contributed by atoms with Gasteiger partial charge in [0.2, 0.25) is 10.9 Å². The first-order valence-corrected chi connectivity index (χ1v) is 20.6. The molecule has 24 heteroatoms. The van der Waals surface area contributed by atoms with E-state index in [1.54, 1.807) is 4.90 Å². The summed E-state index contributed by atoms with van der Waals surface area (Å²) in [6.45, 7) is -0.946. The Balaban J connectivity index is 0.000000193. The quantitative estimate of drug-likeness (QED) is 0.133. The molecule has 2 aromatic heterocycles. The van der Waals surface area contributed by atoms with Crippen LogP contribution in [0.5, 0.6) is 11.5 Å². The minimum atomic E-state index is -1.19. The standard InChI is InChI=1S/C22H20F3N3O5.C21H18F3N3O5.ClH.Li/c1-32-20-18-22(31)28-11-2-3-12(6-11)33-17(28)9-27(18)8-14(19(20)29)21(30)26-7-13-15(24)4-10(23)5-16(13)25;22-9-3-14(23)12(15(24)4-9)6-25-20(30)13-7-26-8-16-27(10-1-2-11(5-10)32-16)21(31)17(26)19(29)18(13)28;;/h4-5,8,11-12,17H,2-3,6-7,9H2,1H3,(H,26,30);3-4,7,10-11,16,29H,1-2,5-6,8H2,(H,25,30);1H;/q;;;+1/p-1/t11-,12+,17+;10-,11+,16+;;/m00../s1. The van der Waals surface area contributed by atoms with Gasteiger partial charge >= 0.3 is 18.9 Å². The maximum absolute atomic E-state index is 13.9. The summed E-state index contributed by atoms with van der Waals surface area (Å²) in [5.41, 5.74) is -4.11. The average Bonchev–Trinajstić information content (AvgIpc) is 3.82. The number of aromatic nitrogens is 2. The number of benzene rings is 2. The van der Waals surface area contributed by atoms with Gasteiger partial charge in [-0.1, -0.05) is 0 Å². The number of nitrogens with one attached hydrogen (secondary N) is 2. The van der Waals surface area contributed by atoms with Crippen molar-refractivity contribution in [2.24, 2.45) is 0 Å². The van der Waals surface area contributed by atoms with E-state index in [1.807, 2.05) is 0 Å². The molecule has 0 unspecified atom stereocenters. The van der Waals surface area contributed by atoms with Gasteiger partial charge in [0, 0.05) is 73.0 Å². The van der Waals surface area contributed by atoms with Gasteiger partial charge < -0.3 is 61.3 Å². The predicted molar refractivity (Wildman–Crippen MR) is 210 cm³/mol. The molecule has 6 heterocycles. The van der Waals surface area contributed by atoms with E-state index in [4.69, 9.17) is 14.2 Å². The van der Waals surface area contributed by atoms with Gasteiger partial charge in [-0.15, -0.1) is 0 Å². The van der Waals surface area contributed by atoms with Crippen LogP contribution < -0.4 is 57.5 Å². The number of ether oxygens (including phenoxy) is 3. The van der Waals surface area contributed by atoms with Gasteiger partial charge in [-0.25, -0.2) is 26.3 Å². The van der Waals surface area contributed by atoms with Crippen LogP contribution in [0.3, 0.4) is 0 Å². The van der Waals surface area contributed by atoms with E-state index in [1.165, 1.54) is 27.3 Å². The average molecular weight is 955 g/mol. The number of carbonyl (C=O) groups is 4. The second-order valence-corrected chi connectivity index (χ2v) is 16.5. The predicted octanol–water partition coefficient (Wildman–Crippen LogP) is -2.42. The molecule has 4 aliphatic heterocycles. The Bertz CT molecular complexity index is 2790. The molecule has 4 bridgehead atoms. The number of aromatic hydroxyl groups is 1. The van der Waals surface area contributed by atoms with Crippen molar-refractivity contribution in [2.75, 3.05) is 7.11 Å². The van der Waals surface area contributed by atoms with Crippen LogP contribution in [0.4, 0.5) is 26.3 Å². The van der Waals surface area contributed by atoms with Crippen molar-refractivity contribution in [3.8, 4) is 11.5 Å². The Morgan fingerprint density at radius 3 is 1.51 bits per heavy atom. The number of rotatable bonds is 7. The molecule has 2 aliphatic carbocycles. The minimum Gasteiger partial charge on any atom is -1.00 e. The molecule has 2 aromatic carbocycles. The zero-order valence-electron chi connectivity index (χ0n) is 35.6. The zero-order chi connectivity index (χ0) is 46.2. The van der Waals surface area contributed by atoms with Gasteiger partial charge in [0.1, 0.15) is 46.0 Å². The fourth-order valence-corrected chi connectivity index (χ4v) is 9.61. The van der Waals surface area contributed by atoms with Crippen molar-refractivity contribution in [2.45, 2.75) is 101 Å². The summed E-state index contributed by atoms with van der Waals surface area (Å²) in [7, 11) is 1.22.